The van der Waals surface area contributed by atoms with Gasteiger partial charge in [0.25, 0.3) is 0 Å². The van der Waals surface area contributed by atoms with Crippen molar-refractivity contribution in [3.05, 3.63) is 61.1 Å². The molecule has 0 saturated heterocycles. The molecule has 0 amide bonds. The van der Waals surface area contributed by atoms with Gasteiger partial charge in [-0.15, -0.1) is 0 Å². The summed E-state index contributed by atoms with van der Waals surface area (Å²) in [7, 11) is 0. The van der Waals surface area contributed by atoms with Crippen LogP contribution in [-0.4, -0.2) is 16.2 Å². The summed E-state index contributed by atoms with van der Waals surface area (Å²) in [5.41, 5.74) is 1.17. The number of aliphatic imine (C=N–C) groups is 1. The Morgan fingerprint density at radius 2 is 1.77 bits per heavy atom. The van der Waals surface area contributed by atoms with E-state index in [2.05, 4.69) is 4.99 Å². The lowest BCUT2D eigenvalue weighted by atomic mass is 10.0. The molecule has 0 atom stereocenters. The fourth-order valence-corrected chi connectivity index (χ4v) is 2.35. The summed E-state index contributed by atoms with van der Waals surface area (Å²) < 4.78 is 0. The third-order valence-corrected chi connectivity index (χ3v) is 4.07. The average Bonchev–Trinajstić information content (AvgIpc) is 2.46. The highest BCUT2D eigenvalue weighted by Gasteiger charge is 2.25. The number of hydrogen-bond donors (Lipinski definition) is 1. The van der Waals surface area contributed by atoms with Crippen LogP contribution < -0.4 is 0 Å². The number of rotatable bonds is 3. The van der Waals surface area contributed by atoms with Crippen LogP contribution in [0.5, 0.6) is 5.75 Å². The van der Waals surface area contributed by atoms with Crippen LogP contribution in [0.25, 0.3) is 0 Å². The van der Waals surface area contributed by atoms with Gasteiger partial charge in [-0.1, -0.05) is 23.2 Å². The van der Waals surface area contributed by atoms with Crippen LogP contribution in [0, 0.1) is 24.0 Å². The number of nitrogens with zero attached hydrogens (tertiary/aromatic N) is 2. The third kappa shape index (κ3) is 3.05. The maximum absolute atomic E-state index is 11.1. The summed E-state index contributed by atoms with van der Waals surface area (Å²) in [5, 5.41) is 22.1. The van der Waals surface area contributed by atoms with Crippen LogP contribution in [0.15, 0.2) is 29.3 Å². The topological polar surface area (TPSA) is 75.7 Å². The van der Waals surface area contributed by atoms with Crippen molar-refractivity contribution in [3.8, 4) is 5.75 Å². The van der Waals surface area contributed by atoms with E-state index < -0.39 is 16.4 Å². The maximum Gasteiger partial charge on any atom is 0.315 e. The molecule has 2 aromatic carbocycles. The molecule has 0 saturated carbocycles. The molecule has 7 heteroatoms. The molecule has 2 aromatic rings. The Morgan fingerprint density at radius 3 is 2.32 bits per heavy atom. The van der Waals surface area contributed by atoms with E-state index in [4.69, 9.17) is 23.2 Å². The summed E-state index contributed by atoms with van der Waals surface area (Å²) in [6, 6.07) is 6.72. The molecule has 0 spiro atoms. The molecule has 5 nitrogen and oxygen atoms in total. The zero-order chi connectivity index (χ0) is 16.4. The van der Waals surface area contributed by atoms with Crippen molar-refractivity contribution in [2.45, 2.75) is 13.8 Å². The van der Waals surface area contributed by atoms with Crippen molar-refractivity contribution < 1.29 is 10.0 Å². The van der Waals surface area contributed by atoms with Crippen LogP contribution >= 0.6 is 23.2 Å². The summed E-state index contributed by atoms with van der Waals surface area (Å²) in [5.74, 6) is -0.442. The zero-order valence-corrected chi connectivity index (χ0v) is 13.3. The van der Waals surface area contributed by atoms with Crippen LogP contribution in [0.1, 0.15) is 16.7 Å². The number of aromatic hydroxyl groups is 1. The van der Waals surface area contributed by atoms with Crippen molar-refractivity contribution >= 4 is 40.8 Å². The molecule has 0 aromatic heterocycles. The van der Waals surface area contributed by atoms with Crippen molar-refractivity contribution in [3.63, 3.8) is 0 Å². The van der Waals surface area contributed by atoms with Gasteiger partial charge in [0.2, 0.25) is 5.75 Å². The fraction of sp³-hybridized carbons (Fsp3) is 0.133. The number of nitro groups is 1. The highest BCUT2D eigenvalue weighted by atomic mass is 35.5. The minimum Gasteiger partial charge on any atom is -0.502 e. The maximum atomic E-state index is 11.1. The predicted octanol–water partition coefficient (Wildman–Crippen LogP) is 4.97. The van der Waals surface area contributed by atoms with Crippen molar-refractivity contribution in [1.29, 1.82) is 0 Å². The smallest absolute Gasteiger partial charge is 0.315 e. The van der Waals surface area contributed by atoms with Gasteiger partial charge >= 0.3 is 5.69 Å². The quantitative estimate of drug-likeness (QED) is 0.487. The molecule has 1 N–H and O–H groups in total. The van der Waals surface area contributed by atoms with Crippen molar-refractivity contribution in [1.82, 2.24) is 0 Å². The Hall–Kier alpha value is -2.11. The Balaban J connectivity index is 2.55. The van der Waals surface area contributed by atoms with Gasteiger partial charge in [-0.25, -0.2) is 0 Å². The second-order valence-corrected chi connectivity index (χ2v) is 5.48. The SMILES string of the molecule is Cc1c(Cl)c(C)c([N+](=O)[O-])c(O)c1C=Nc1ccc(Cl)cc1. The van der Waals surface area contributed by atoms with Crippen LogP contribution in [-0.2, 0) is 0 Å². The Bertz CT molecular complexity index is 772. The number of phenols is 1. The van der Waals surface area contributed by atoms with E-state index in [1.165, 1.54) is 13.1 Å². The minimum atomic E-state index is -0.657. The second kappa shape index (κ2) is 6.34. The number of hydrogen-bond acceptors (Lipinski definition) is 4. The highest BCUT2D eigenvalue weighted by Crippen LogP contribution is 2.40. The molecule has 2 rings (SSSR count). The van der Waals surface area contributed by atoms with Crippen LogP contribution in [0.3, 0.4) is 0 Å². The molecule has 0 unspecified atom stereocenters. The van der Waals surface area contributed by atoms with E-state index in [9.17, 15) is 15.2 Å². The van der Waals surface area contributed by atoms with Gasteiger partial charge in [0.05, 0.1) is 15.6 Å². The summed E-state index contributed by atoms with van der Waals surface area (Å²) in [4.78, 5) is 14.6. The largest absolute Gasteiger partial charge is 0.502 e. The Morgan fingerprint density at radius 1 is 1.18 bits per heavy atom. The van der Waals surface area contributed by atoms with Gasteiger partial charge in [-0.05, 0) is 43.7 Å². The van der Waals surface area contributed by atoms with E-state index in [0.717, 1.165) is 0 Å². The molecule has 114 valence electrons. The Labute approximate surface area is 137 Å². The van der Waals surface area contributed by atoms with Gasteiger partial charge in [-0.2, -0.15) is 0 Å². The van der Waals surface area contributed by atoms with Gasteiger partial charge in [0, 0.05) is 22.4 Å². The van der Waals surface area contributed by atoms with Crippen molar-refractivity contribution in [2.24, 2.45) is 4.99 Å². The van der Waals surface area contributed by atoms with Gasteiger partial charge in [0.1, 0.15) is 0 Å². The first-order chi connectivity index (χ1) is 10.3. The number of phenolic OH excluding ortho intramolecular Hbond substituents is 1. The Kier molecular flexibility index (Phi) is 4.68. The van der Waals surface area contributed by atoms with E-state index in [0.29, 0.717) is 16.3 Å². The lowest BCUT2D eigenvalue weighted by Crippen LogP contribution is -1.99. The van der Waals surface area contributed by atoms with Gasteiger partial charge in [0.15, 0.2) is 0 Å². The minimum absolute atomic E-state index is 0.220. The molecule has 0 radical (unpaired) electrons. The number of benzene rings is 2. The van der Waals surface area contributed by atoms with E-state index in [1.54, 1.807) is 31.2 Å². The lowest BCUT2D eigenvalue weighted by Gasteiger charge is -2.10. The molecule has 22 heavy (non-hydrogen) atoms. The first kappa shape index (κ1) is 16.3. The van der Waals surface area contributed by atoms with Crippen LogP contribution in [0.2, 0.25) is 10.0 Å². The predicted molar refractivity (Wildman–Crippen MR) is 88.0 cm³/mol. The molecular formula is C15H12Cl2N2O3. The zero-order valence-electron chi connectivity index (χ0n) is 11.8. The summed E-state index contributed by atoms with van der Waals surface area (Å²) in [6.07, 6.45) is 1.35. The van der Waals surface area contributed by atoms with E-state index in [-0.39, 0.29) is 16.1 Å². The molecule has 0 aliphatic heterocycles. The highest BCUT2D eigenvalue weighted by molar-refractivity contribution is 6.33. The normalized spacial score (nSPS) is 11.1. The fourth-order valence-electron chi connectivity index (χ4n) is 2.03. The first-order valence-corrected chi connectivity index (χ1v) is 7.04. The summed E-state index contributed by atoms with van der Waals surface area (Å²) in [6.45, 7) is 3.16. The third-order valence-electron chi connectivity index (χ3n) is 3.25. The first-order valence-electron chi connectivity index (χ1n) is 6.28. The molecule has 0 heterocycles. The van der Waals surface area contributed by atoms with E-state index >= 15 is 0 Å². The molecule has 0 aliphatic rings. The monoisotopic (exact) mass is 338 g/mol. The second-order valence-electron chi connectivity index (χ2n) is 4.67. The molecule has 0 fully saturated rings. The lowest BCUT2D eigenvalue weighted by molar-refractivity contribution is -0.386. The van der Waals surface area contributed by atoms with Gasteiger partial charge < -0.3 is 5.11 Å². The van der Waals surface area contributed by atoms with Crippen molar-refractivity contribution in [2.75, 3.05) is 0 Å². The molecular weight excluding hydrogens is 327 g/mol. The summed E-state index contributed by atoms with van der Waals surface area (Å²) >= 11 is 11.9. The van der Waals surface area contributed by atoms with E-state index in [1.807, 2.05) is 0 Å². The molecule has 0 bridgehead atoms. The standard InChI is InChI=1S/C15H12Cl2N2O3/c1-8-12(7-18-11-5-3-10(16)4-6-11)15(20)14(19(21)22)9(2)13(8)17/h3-7,20H,1-2H3. The van der Waals surface area contributed by atoms with Gasteiger partial charge in [-0.3, -0.25) is 15.1 Å². The number of halogens is 2. The average molecular weight is 339 g/mol. The molecule has 0 aliphatic carbocycles. The number of nitro benzene ring substituents is 1. The van der Waals surface area contributed by atoms with Crippen LogP contribution in [0.4, 0.5) is 11.4 Å².